The van der Waals surface area contributed by atoms with Crippen LogP contribution in [-0.2, 0) is 0 Å². The van der Waals surface area contributed by atoms with Gasteiger partial charge in [0, 0.05) is 19.2 Å². The van der Waals surface area contributed by atoms with Crippen LogP contribution in [0.2, 0.25) is 0 Å². The Morgan fingerprint density at radius 2 is 1.89 bits per heavy atom. The molecule has 3 rings (SSSR count). The lowest BCUT2D eigenvalue weighted by Crippen LogP contribution is -2.50. The Kier molecular flexibility index (Phi) is 4.28. The molecule has 5 nitrogen and oxygen atoms in total. The van der Waals surface area contributed by atoms with E-state index in [2.05, 4.69) is 10.6 Å². The summed E-state index contributed by atoms with van der Waals surface area (Å²) in [5.41, 5.74) is 0. The molecule has 0 aliphatic carbocycles. The van der Waals surface area contributed by atoms with Crippen molar-refractivity contribution < 1.29 is 14.6 Å². The molecule has 0 aromatic heterocycles. The lowest BCUT2D eigenvalue weighted by molar-refractivity contribution is 0.0612. The van der Waals surface area contributed by atoms with Crippen LogP contribution in [0.5, 0.6) is 17.2 Å². The third-order valence-electron chi connectivity index (χ3n) is 2.83. The smallest absolute Gasteiger partial charge is 0.165 e. The zero-order valence-corrected chi connectivity index (χ0v) is 10.8. The van der Waals surface area contributed by atoms with Gasteiger partial charge in [0.25, 0.3) is 0 Å². The van der Waals surface area contributed by atoms with Gasteiger partial charge in [-0.3, -0.25) is 10.6 Å². The summed E-state index contributed by atoms with van der Waals surface area (Å²) in [6, 6.07) is 4.90. The highest BCUT2D eigenvalue weighted by atomic mass is 16.6. The molecular formula is C13H20N2O3. The van der Waals surface area contributed by atoms with Crippen molar-refractivity contribution in [1.29, 1.82) is 0 Å². The first-order chi connectivity index (χ1) is 8.83. The minimum absolute atomic E-state index is 0.0282. The maximum absolute atomic E-state index is 9.31. The van der Waals surface area contributed by atoms with Gasteiger partial charge in [0.1, 0.15) is 12.4 Å². The molecule has 0 spiro atoms. The van der Waals surface area contributed by atoms with Gasteiger partial charge in [-0.05, 0) is 12.1 Å². The van der Waals surface area contributed by atoms with E-state index in [9.17, 15) is 5.11 Å². The fourth-order valence-electron chi connectivity index (χ4n) is 2.03. The van der Waals surface area contributed by atoms with Gasteiger partial charge in [-0.15, -0.1) is 0 Å². The predicted octanol–water partition coefficient (Wildman–Crippen LogP) is 1.08. The SMILES string of the molecule is CC.Oc1ccc2c(c1)OCC(C1NCCN1)O2. The number of hydrogen-bond acceptors (Lipinski definition) is 5. The van der Waals surface area contributed by atoms with Gasteiger partial charge in [-0.2, -0.15) is 0 Å². The number of phenols is 1. The highest BCUT2D eigenvalue weighted by Gasteiger charge is 2.30. The Labute approximate surface area is 107 Å². The summed E-state index contributed by atoms with van der Waals surface area (Å²) in [4.78, 5) is 0. The molecule has 100 valence electrons. The van der Waals surface area contributed by atoms with E-state index in [0.29, 0.717) is 18.1 Å². The van der Waals surface area contributed by atoms with E-state index in [-0.39, 0.29) is 18.0 Å². The standard InChI is InChI=1S/C11H14N2O3.C2H6/c14-7-1-2-8-9(5-7)15-6-10(16-8)11-12-3-4-13-11;1-2/h1-2,5,10-14H,3-4,6H2;1-2H3. The number of aromatic hydroxyl groups is 1. The molecule has 1 aromatic rings. The Morgan fingerprint density at radius 3 is 2.61 bits per heavy atom. The summed E-state index contributed by atoms with van der Waals surface area (Å²) in [5, 5.41) is 15.9. The molecule has 18 heavy (non-hydrogen) atoms. The first-order valence-corrected chi connectivity index (χ1v) is 6.42. The van der Waals surface area contributed by atoms with Gasteiger partial charge >= 0.3 is 0 Å². The average Bonchev–Trinajstić information content (AvgIpc) is 2.94. The summed E-state index contributed by atoms with van der Waals surface area (Å²) in [5.74, 6) is 1.48. The van der Waals surface area contributed by atoms with E-state index in [0.717, 1.165) is 13.1 Å². The normalized spacial score (nSPS) is 22.2. The van der Waals surface area contributed by atoms with E-state index in [1.165, 1.54) is 0 Å². The van der Waals surface area contributed by atoms with Crippen LogP contribution >= 0.6 is 0 Å². The molecule has 2 heterocycles. The van der Waals surface area contributed by atoms with Crippen molar-refractivity contribution in [2.75, 3.05) is 19.7 Å². The zero-order valence-electron chi connectivity index (χ0n) is 10.8. The molecule has 1 aromatic carbocycles. The number of phenolic OH excluding ortho intramolecular Hbond substituents is 1. The molecule has 0 amide bonds. The summed E-state index contributed by atoms with van der Waals surface area (Å²) in [7, 11) is 0. The second-order valence-electron chi connectivity index (χ2n) is 3.98. The van der Waals surface area contributed by atoms with Crippen LogP contribution in [-0.4, -0.2) is 37.1 Å². The third kappa shape index (κ3) is 2.68. The van der Waals surface area contributed by atoms with E-state index < -0.39 is 0 Å². The minimum atomic E-state index is -0.0282. The molecule has 0 bridgehead atoms. The van der Waals surface area contributed by atoms with Crippen LogP contribution in [0.1, 0.15) is 13.8 Å². The first kappa shape index (κ1) is 13.0. The topological polar surface area (TPSA) is 62.8 Å². The molecule has 3 N–H and O–H groups in total. The molecule has 2 aliphatic heterocycles. The lowest BCUT2D eigenvalue weighted by atomic mass is 10.2. The second kappa shape index (κ2) is 5.93. The van der Waals surface area contributed by atoms with Crippen molar-refractivity contribution in [3.63, 3.8) is 0 Å². The molecule has 1 saturated heterocycles. The van der Waals surface area contributed by atoms with Crippen molar-refractivity contribution in [2.45, 2.75) is 26.1 Å². The van der Waals surface area contributed by atoms with Crippen LogP contribution in [0.3, 0.4) is 0 Å². The molecule has 2 aliphatic rings. The number of hydrogen-bond donors (Lipinski definition) is 3. The Hall–Kier alpha value is -1.46. The van der Waals surface area contributed by atoms with E-state index in [1.54, 1.807) is 18.2 Å². The van der Waals surface area contributed by atoms with Crippen molar-refractivity contribution in [3.8, 4) is 17.2 Å². The maximum atomic E-state index is 9.31. The van der Waals surface area contributed by atoms with Crippen LogP contribution in [0.25, 0.3) is 0 Å². The van der Waals surface area contributed by atoms with Gasteiger partial charge in [0.05, 0.1) is 6.17 Å². The predicted molar refractivity (Wildman–Crippen MR) is 69.2 cm³/mol. The van der Waals surface area contributed by atoms with Crippen LogP contribution in [0.15, 0.2) is 18.2 Å². The fraction of sp³-hybridized carbons (Fsp3) is 0.538. The molecule has 1 fully saturated rings. The van der Waals surface area contributed by atoms with Crippen LogP contribution in [0.4, 0.5) is 0 Å². The van der Waals surface area contributed by atoms with Gasteiger partial charge in [-0.25, -0.2) is 0 Å². The monoisotopic (exact) mass is 252 g/mol. The van der Waals surface area contributed by atoms with Gasteiger partial charge in [0.2, 0.25) is 0 Å². The van der Waals surface area contributed by atoms with Crippen molar-refractivity contribution >= 4 is 0 Å². The summed E-state index contributed by atoms with van der Waals surface area (Å²) < 4.78 is 11.4. The molecule has 5 heteroatoms. The maximum Gasteiger partial charge on any atom is 0.165 e. The van der Waals surface area contributed by atoms with Crippen LogP contribution in [0, 0.1) is 0 Å². The van der Waals surface area contributed by atoms with Gasteiger partial charge in [0.15, 0.2) is 17.6 Å². The number of benzene rings is 1. The Bertz CT molecular complexity index is 392. The summed E-state index contributed by atoms with van der Waals surface area (Å²) in [6.07, 6.45) is 0.112. The highest BCUT2D eigenvalue weighted by molar-refractivity contribution is 5.46. The van der Waals surface area contributed by atoms with Gasteiger partial charge < -0.3 is 14.6 Å². The number of rotatable bonds is 1. The molecule has 1 atom stereocenters. The van der Waals surface area contributed by atoms with E-state index in [1.807, 2.05) is 13.8 Å². The molecule has 0 radical (unpaired) electrons. The van der Waals surface area contributed by atoms with Crippen molar-refractivity contribution in [2.24, 2.45) is 0 Å². The lowest BCUT2D eigenvalue weighted by Gasteiger charge is -2.30. The quantitative estimate of drug-likeness (QED) is 0.698. The van der Waals surface area contributed by atoms with Gasteiger partial charge in [-0.1, -0.05) is 13.8 Å². The number of nitrogens with one attached hydrogen (secondary N) is 2. The van der Waals surface area contributed by atoms with E-state index in [4.69, 9.17) is 9.47 Å². The minimum Gasteiger partial charge on any atom is -0.508 e. The second-order valence-corrected chi connectivity index (χ2v) is 3.98. The third-order valence-corrected chi connectivity index (χ3v) is 2.83. The summed E-state index contributed by atoms with van der Waals surface area (Å²) in [6.45, 7) is 6.39. The average molecular weight is 252 g/mol. The largest absolute Gasteiger partial charge is 0.508 e. The van der Waals surface area contributed by atoms with E-state index >= 15 is 0 Å². The fourth-order valence-corrected chi connectivity index (χ4v) is 2.03. The zero-order chi connectivity index (χ0) is 13.0. The molecular weight excluding hydrogens is 232 g/mol. The van der Waals surface area contributed by atoms with Crippen molar-refractivity contribution in [1.82, 2.24) is 10.6 Å². The number of ether oxygens (including phenoxy) is 2. The Balaban J connectivity index is 0.000000574. The van der Waals surface area contributed by atoms with Crippen LogP contribution < -0.4 is 20.1 Å². The molecule has 1 unspecified atom stereocenters. The highest BCUT2D eigenvalue weighted by Crippen LogP contribution is 2.34. The first-order valence-electron chi connectivity index (χ1n) is 6.42. The summed E-state index contributed by atoms with van der Waals surface area (Å²) >= 11 is 0. The molecule has 0 saturated carbocycles. The number of fused-ring (bicyclic) bond motifs is 1. The Morgan fingerprint density at radius 1 is 1.17 bits per heavy atom. The van der Waals surface area contributed by atoms with Crippen molar-refractivity contribution in [3.05, 3.63) is 18.2 Å².